The molecule has 0 fully saturated rings. The number of benzene rings is 1. The molecule has 0 aromatic heterocycles. The van der Waals surface area contributed by atoms with Gasteiger partial charge in [-0.15, -0.1) is 0 Å². The van der Waals surface area contributed by atoms with Crippen molar-refractivity contribution < 1.29 is 14.3 Å². The lowest BCUT2D eigenvalue weighted by atomic mass is 10.1. The highest BCUT2D eigenvalue weighted by Gasteiger charge is 2.12. The van der Waals surface area contributed by atoms with E-state index in [2.05, 4.69) is 10.6 Å². The summed E-state index contributed by atoms with van der Waals surface area (Å²) < 4.78 is 5.18. The largest absolute Gasteiger partial charge is 0.495 e. The fourth-order valence-electron chi connectivity index (χ4n) is 1.64. The molecule has 0 saturated carbocycles. The third kappa shape index (κ3) is 4.57. The first kappa shape index (κ1) is 16.0. The molecule has 0 spiro atoms. The maximum Gasteiger partial charge on any atom is 0.243 e. The van der Waals surface area contributed by atoms with Crippen molar-refractivity contribution in [3.63, 3.8) is 0 Å². The van der Waals surface area contributed by atoms with Gasteiger partial charge >= 0.3 is 0 Å². The minimum absolute atomic E-state index is 0.0414. The van der Waals surface area contributed by atoms with Crippen molar-refractivity contribution in [3.05, 3.63) is 23.8 Å². The molecular weight excluding hydrogens is 256 g/mol. The number of carbonyl (C=O) groups is 2. The second kappa shape index (κ2) is 7.53. The second-order valence-electron chi connectivity index (χ2n) is 4.78. The van der Waals surface area contributed by atoms with Gasteiger partial charge in [-0.05, 0) is 31.0 Å². The number of ether oxygens (including phenoxy) is 1. The SMILES string of the molecule is CC[C@H](C)C(=O)NCC(=O)Nc1cc(C)ccc1OC. The highest BCUT2D eigenvalue weighted by atomic mass is 16.5. The third-order valence-electron chi connectivity index (χ3n) is 3.11. The summed E-state index contributed by atoms with van der Waals surface area (Å²) in [4.78, 5) is 23.4. The quantitative estimate of drug-likeness (QED) is 0.837. The van der Waals surface area contributed by atoms with Gasteiger partial charge in [0.25, 0.3) is 0 Å². The van der Waals surface area contributed by atoms with E-state index < -0.39 is 0 Å². The molecule has 1 rings (SSSR count). The topological polar surface area (TPSA) is 67.4 Å². The van der Waals surface area contributed by atoms with Crippen molar-refractivity contribution >= 4 is 17.5 Å². The van der Waals surface area contributed by atoms with E-state index in [1.54, 1.807) is 13.2 Å². The summed E-state index contributed by atoms with van der Waals surface area (Å²) in [6.45, 7) is 5.65. The molecule has 1 aromatic carbocycles. The Balaban J connectivity index is 2.58. The normalized spacial score (nSPS) is 11.6. The molecule has 0 aliphatic carbocycles. The van der Waals surface area contributed by atoms with Crippen molar-refractivity contribution in [1.82, 2.24) is 5.32 Å². The molecule has 0 aliphatic heterocycles. The van der Waals surface area contributed by atoms with Gasteiger partial charge in [0.15, 0.2) is 0 Å². The summed E-state index contributed by atoms with van der Waals surface area (Å²) in [5, 5.41) is 5.35. The Kier molecular flexibility index (Phi) is 6.03. The first-order chi connectivity index (χ1) is 9.47. The van der Waals surface area contributed by atoms with Crippen LogP contribution in [0.5, 0.6) is 5.75 Å². The lowest BCUT2D eigenvalue weighted by molar-refractivity contribution is -0.126. The van der Waals surface area contributed by atoms with Crippen LogP contribution in [-0.2, 0) is 9.59 Å². The minimum Gasteiger partial charge on any atom is -0.495 e. The van der Waals surface area contributed by atoms with Crippen LogP contribution in [0.15, 0.2) is 18.2 Å². The van der Waals surface area contributed by atoms with E-state index in [0.29, 0.717) is 11.4 Å². The zero-order chi connectivity index (χ0) is 15.1. The summed E-state index contributed by atoms with van der Waals surface area (Å²) in [6, 6.07) is 5.52. The van der Waals surface area contributed by atoms with Crippen LogP contribution in [0.25, 0.3) is 0 Å². The summed E-state index contributed by atoms with van der Waals surface area (Å²) in [6.07, 6.45) is 0.749. The molecule has 2 N–H and O–H groups in total. The molecule has 0 bridgehead atoms. The van der Waals surface area contributed by atoms with Crippen LogP contribution in [0.1, 0.15) is 25.8 Å². The van der Waals surface area contributed by atoms with Gasteiger partial charge in [-0.2, -0.15) is 0 Å². The van der Waals surface area contributed by atoms with Crippen molar-refractivity contribution in [3.8, 4) is 5.75 Å². The van der Waals surface area contributed by atoms with E-state index in [1.807, 2.05) is 32.9 Å². The molecule has 0 heterocycles. The molecular formula is C15H22N2O3. The highest BCUT2D eigenvalue weighted by Crippen LogP contribution is 2.24. The molecule has 110 valence electrons. The summed E-state index contributed by atoms with van der Waals surface area (Å²) in [5.74, 6) is 0.123. The summed E-state index contributed by atoms with van der Waals surface area (Å²) in [7, 11) is 1.55. The van der Waals surface area contributed by atoms with E-state index in [9.17, 15) is 9.59 Å². The second-order valence-corrected chi connectivity index (χ2v) is 4.78. The number of rotatable bonds is 6. The smallest absolute Gasteiger partial charge is 0.243 e. The average Bonchev–Trinajstić information content (AvgIpc) is 2.44. The fourth-order valence-corrected chi connectivity index (χ4v) is 1.64. The summed E-state index contributed by atoms with van der Waals surface area (Å²) in [5.41, 5.74) is 1.63. The first-order valence-corrected chi connectivity index (χ1v) is 6.70. The molecule has 1 atom stereocenters. The van der Waals surface area contributed by atoms with Crippen LogP contribution < -0.4 is 15.4 Å². The maximum atomic E-state index is 11.8. The van der Waals surface area contributed by atoms with E-state index in [4.69, 9.17) is 4.74 Å². The number of hydrogen-bond donors (Lipinski definition) is 2. The molecule has 2 amide bonds. The summed E-state index contributed by atoms with van der Waals surface area (Å²) >= 11 is 0. The Morgan fingerprint density at radius 2 is 2.05 bits per heavy atom. The van der Waals surface area contributed by atoms with Crippen LogP contribution in [0, 0.1) is 12.8 Å². The number of amides is 2. The van der Waals surface area contributed by atoms with Crippen molar-refractivity contribution in [2.45, 2.75) is 27.2 Å². The lowest BCUT2D eigenvalue weighted by Gasteiger charge is -2.12. The zero-order valence-electron chi connectivity index (χ0n) is 12.4. The molecule has 0 unspecified atom stereocenters. The van der Waals surface area contributed by atoms with Crippen LogP contribution >= 0.6 is 0 Å². The molecule has 5 heteroatoms. The number of aryl methyl sites for hydroxylation is 1. The molecule has 20 heavy (non-hydrogen) atoms. The Bertz CT molecular complexity index is 486. The third-order valence-corrected chi connectivity index (χ3v) is 3.11. The first-order valence-electron chi connectivity index (χ1n) is 6.70. The van der Waals surface area contributed by atoms with E-state index in [0.717, 1.165) is 12.0 Å². The number of nitrogens with one attached hydrogen (secondary N) is 2. The van der Waals surface area contributed by atoms with Crippen LogP contribution in [-0.4, -0.2) is 25.5 Å². The number of carbonyl (C=O) groups excluding carboxylic acids is 2. The molecule has 1 aromatic rings. The molecule has 5 nitrogen and oxygen atoms in total. The highest BCUT2D eigenvalue weighted by molar-refractivity contribution is 5.96. The molecule has 0 radical (unpaired) electrons. The maximum absolute atomic E-state index is 11.8. The lowest BCUT2D eigenvalue weighted by Crippen LogP contribution is -2.35. The number of anilines is 1. The van der Waals surface area contributed by atoms with Gasteiger partial charge in [0, 0.05) is 5.92 Å². The van der Waals surface area contributed by atoms with Crippen molar-refractivity contribution in [2.75, 3.05) is 19.0 Å². The van der Waals surface area contributed by atoms with Crippen LogP contribution in [0.4, 0.5) is 5.69 Å². The predicted molar refractivity (Wildman–Crippen MR) is 78.8 cm³/mol. The fraction of sp³-hybridized carbons (Fsp3) is 0.467. The average molecular weight is 278 g/mol. The van der Waals surface area contributed by atoms with Gasteiger partial charge in [-0.1, -0.05) is 19.9 Å². The Morgan fingerprint density at radius 3 is 2.65 bits per heavy atom. The van der Waals surface area contributed by atoms with Crippen molar-refractivity contribution in [1.29, 1.82) is 0 Å². The van der Waals surface area contributed by atoms with Gasteiger partial charge in [0.2, 0.25) is 11.8 Å². The monoisotopic (exact) mass is 278 g/mol. The van der Waals surface area contributed by atoms with Gasteiger partial charge in [0.1, 0.15) is 5.75 Å². The number of methoxy groups -OCH3 is 1. The van der Waals surface area contributed by atoms with E-state index in [1.165, 1.54) is 0 Å². The standard InChI is InChI=1S/C15H22N2O3/c1-5-11(3)15(19)16-9-14(18)17-12-8-10(2)6-7-13(12)20-4/h6-8,11H,5,9H2,1-4H3,(H,16,19)(H,17,18)/t11-/m0/s1. The van der Waals surface area contributed by atoms with Crippen molar-refractivity contribution in [2.24, 2.45) is 5.92 Å². The molecule has 0 aliphatic rings. The van der Waals surface area contributed by atoms with Gasteiger partial charge in [-0.25, -0.2) is 0 Å². The van der Waals surface area contributed by atoms with Gasteiger partial charge in [-0.3, -0.25) is 9.59 Å². The number of hydrogen-bond acceptors (Lipinski definition) is 3. The predicted octanol–water partition coefficient (Wildman–Crippen LogP) is 2.10. The van der Waals surface area contributed by atoms with Gasteiger partial charge < -0.3 is 15.4 Å². The Hall–Kier alpha value is -2.04. The van der Waals surface area contributed by atoms with Crippen LogP contribution in [0.2, 0.25) is 0 Å². The Morgan fingerprint density at radius 1 is 1.35 bits per heavy atom. The zero-order valence-corrected chi connectivity index (χ0v) is 12.4. The molecule has 0 saturated heterocycles. The Labute approximate surface area is 119 Å². The van der Waals surface area contributed by atoms with Gasteiger partial charge in [0.05, 0.1) is 19.3 Å². The van der Waals surface area contributed by atoms with E-state index in [-0.39, 0.29) is 24.3 Å². The van der Waals surface area contributed by atoms with Crippen LogP contribution in [0.3, 0.4) is 0 Å². The minimum atomic E-state index is -0.273. The van der Waals surface area contributed by atoms with E-state index >= 15 is 0 Å².